The summed E-state index contributed by atoms with van der Waals surface area (Å²) in [5.41, 5.74) is 1.47. The molecule has 7 nitrogen and oxygen atoms in total. The number of ether oxygens (including phenoxy) is 5. The smallest absolute Gasteiger partial charge is 0.250 e. The lowest BCUT2D eigenvalue weighted by Gasteiger charge is -2.07. The molecule has 0 aliphatic carbocycles. The molecule has 0 radical (unpaired) electrons. The fourth-order valence-electron chi connectivity index (χ4n) is 2.19. The number of rotatable bonds is 11. The summed E-state index contributed by atoms with van der Waals surface area (Å²) in [6.07, 6.45) is 2.56. The van der Waals surface area contributed by atoms with Gasteiger partial charge in [0.05, 0.1) is 26.9 Å². The predicted molar refractivity (Wildman–Crippen MR) is 104 cm³/mol. The first kappa shape index (κ1) is 20.7. The van der Waals surface area contributed by atoms with Crippen molar-refractivity contribution in [3.05, 3.63) is 54.1 Å². The maximum atomic E-state index is 5.78. The lowest BCUT2D eigenvalue weighted by atomic mass is 10.2. The second-order valence-electron chi connectivity index (χ2n) is 5.54. The second-order valence-corrected chi connectivity index (χ2v) is 5.54. The van der Waals surface area contributed by atoms with Crippen LogP contribution in [0, 0.1) is 0 Å². The van der Waals surface area contributed by atoms with Crippen LogP contribution in [0.25, 0.3) is 0 Å². The zero-order valence-corrected chi connectivity index (χ0v) is 16.1. The van der Waals surface area contributed by atoms with Crippen LogP contribution in [0.3, 0.4) is 0 Å². The Morgan fingerprint density at radius 3 is 2.59 bits per heavy atom. The molecule has 0 fully saturated rings. The molecule has 0 unspecified atom stereocenters. The monoisotopic (exact) mass is 374 g/mol. The summed E-state index contributed by atoms with van der Waals surface area (Å²) in [7, 11) is 3.27. The summed E-state index contributed by atoms with van der Waals surface area (Å²) in [5.74, 6) is 1.88. The average Bonchev–Trinajstić information content (AvgIpc) is 3.10. The Morgan fingerprint density at radius 1 is 1.15 bits per heavy atom. The Labute approximate surface area is 160 Å². The van der Waals surface area contributed by atoms with E-state index in [0.717, 1.165) is 17.7 Å². The molecule has 0 spiro atoms. The van der Waals surface area contributed by atoms with E-state index >= 15 is 0 Å². The predicted octanol–water partition coefficient (Wildman–Crippen LogP) is 3.32. The van der Waals surface area contributed by atoms with Crippen LogP contribution in [0.1, 0.15) is 18.9 Å². The van der Waals surface area contributed by atoms with E-state index in [1.165, 1.54) is 0 Å². The molecule has 27 heavy (non-hydrogen) atoms. The molecule has 2 rings (SSSR count). The number of hydrogen-bond donors (Lipinski definition) is 0. The van der Waals surface area contributed by atoms with Crippen LogP contribution in [-0.4, -0.2) is 52.4 Å². The van der Waals surface area contributed by atoms with Gasteiger partial charge in [-0.25, -0.2) is 4.99 Å². The van der Waals surface area contributed by atoms with Crippen LogP contribution in [0.15, 0.2) is 58.5 Å². The minimum absolute atomic E-state index is 0.271. The molecule has 0 N–H and O–H groups in total. The highest BCUT2D eigenvalue weighted by atomic mass is 16.5. The second kappa shape index (κ2) is 11.2. The van der Waals surface area contributed by atoms with Gasteiger partial charge in [-0.1, -0.05) is 6.08 Å². The van der Waals surface area contributed by atoms with Crippen LogP contribution < -0.4 is 4.74 Å². The van der Waals surface area contributed by atoms with E-state index < -0.39 is 0 Å². The number of aliphatic imine (C=N–C) groups is 2. The van der Waals surface area contributed by atoms with Gasteiger partial charge in [-0.3, -0.25) is 0 Å². The van der Waals surface area contributed by atoms with Crippen LogP contribution in [0.2, 0.25) is 0 Å². The number of benzene rings is 1. The van der Waals surface area contributed by atoms with Crippen LogP contribution in [0.5, 0.6) is 5.75 Å². The van der Waals surface area contributed by atoms with Gasteiger partial charge in [-0.05, 0) is 37.8 Å². The van der Waals surface area contributed by atoms with Crippen molar-refractivity contribution < 1.29 is 23.7 Å². The molecule has 0 saturated carbocycles. The first-order chi connectivity index (χ1) is 13.2. The van der Waals surface area contributed by atoms with Gasteiger partial charge in [0, 0.05) is 25.7 Å². The van der Waals surface area contributed by atoms with Crippen molar-refractivity contribution in [3.8, 4) is 5.75 Å². The van der Waals surface area contributed by atoms with E-state index in [4.69, 9.17) is 23.7 Å². The Balaban J connectivity index is 1.85. The Kier molecular flexibility index (Phi) is 8.54. The number of methoxy groups -OCH3 is 2. The van der Waals surface area contributed by atoms with E-state index in [0.29, 0.717) is 43.9 Å². The summed E-state index contributed by atoms with van der Waals surface area (Å²) in [4.78, 5) is 8.75. The van der Waals surface area contributed by atoms with Crippen LogP contribution in [-0.2, 0) is 18.9 Å². The van der Waals surface area contributed by atoms with Crippen molar-refractivity contribution >= 4 is 11.8 Å². The standard InChI is InChI=1S/C20H26N2O5/c1-5-18-20(21-15(2)26-12-6-11-25-14-13-23-3)27-19(22-18)16-7-9-17(24-4)10-8-16/h5,7-10H,2,6,11-14H2,1,3-4H3/b18-5+,21-20+. The van der Waals surface area contributed by atoms with E-state index in [9.17, 15) is 0 Å². The zero-order chi connectivity index (χ0) is 19.5. The molecule has 7 heteroatoms. The van der Waals surface area contributed by atoms with Crippen molar-refractivity contribution in [2.24, 2.45) is 9.98 Å². The lowest BCUT2D eigenvalue weighted by molar-refractivity contribution is 0.0598. The molecular formula is C20H26N2O5. The Hall–Kier alpha value is -2.64. The molecule has 1 aromatic rings. The first-order valence-electron chi connectivity index (χ1n) is 8.72. The van der Waals surface area contributed by atoms with Gasteiger partial charge < -0.3 is 23.7 Å². The summed E-state index contributed by atoms with van der Waals surface area (Å²) in [6, 6.07) is 7.45. The molecule has 0 aromatic heterocycles. The molecule has 0 amide bonds. The van der Waals surface area contributed by atoms with Crippen molar-refractivity contribution in [2.45, 2.75) is 13.3 Å². The third kappa shape index (κ3) is 6.54. The summed E-state index contributed by atoms with van der Waals surface area (Å²) in [6.45, 7) is 7.89. The summed E-state index contributed by atoms with van der Waals surface area (Å²) < 4.78 is 26.7. The molecule has 0 saturated heterocycles. The highest BCUT2D eigenvalue weighted by molar-refractivity contribution is 6.13. The maximum absolute atomic E-state index is 5.78. The fourth-order valence-corrected chi connectivity index (χ4v) is 2.19. The highest BCUT2D eigenvalue weighted by Crippen LogP contribution is 2.20. The zero-order valence-electron chi connectivity index (χ0n) is 16.1. The maximum Gasteiger partial charge on any atom is 0.250 e. The van der Waals surface area contributed by atoms with Crippen molar-refractivity contribution in [2.75, 3.05) is 40.6 Å². The van der Waals surface area contributed by atoms with Gasteiger partial charge in [0.2, 0.25) is 17.7 Å². The molecule has 146 valence electrons. The number of allylic oxidation sites excluding steroid dienone is 1. The van der Waals surface area contributed by atoms with E-state index in [2.05, 4.69) is 16.6 Å². The third-order valence-electron chi connectivity index (χ3n) is 3.60. The van der Waals surface area contributed by atoms with Crippen molar-refractivity contribution in [1.29, 1.82) is 0 Å². The fraction of sp³-hybridized carbons (Fsp3) is 0.400. The highest BCUT2D eigenvalue weighted by Gasteiger charge is 2.22. The Morgan fingerprint density at radius 2 is 1.93 bits per heavy atom. The molecule has 0 atom stereocenters. The Bertz CT molecular complexity index is 708. The topological polar surface area (TPSA) is 70.9 Å². The van der Waals surface area contributed by atoms with E-state index in [1.54, 1.807) is 14.2 Å². The van der Waals surface area contributed by atoms with Crippen molar-refractivity contribution in [1.82, 2.24) is 0 Å². The number of nitrogens with zero attached hydrogens (tertiary/aromatic N) is 2. The molecule has 0 bridgehead atoms. The quantitative estimate of drug-likeness (QED) is 0.439. The average molecular weight is 374 g/mol. The lowest BCUT2D eigenvalue weighted by Crippen LogP contribution is -2.08. The normalized spacial score (nSPS) is 16.3. The van der Waals surface area contributed by atoms with Gasteiger partial charge in [0.15, 0.2) is 0 Å². The van der Waals surface area contributed by atoms with Crippen LogP contribution in [0.4, 0.5) is 0 Å². The van der Waals surface area contributed by atoms with E-state index in [1.807, 2.05) is 37.3 Å². The molecular weight excluding hydrogens is 348 g/mol. The van der Waals surface area contributed by atoms with Gasteiger partial charge >= 0.3 is 0 Å². The summed E-state index contributed by atoms with van der Waals surface area (Å²) in [5, 5.41) is 0. The molecule has 1 aliphatic heterocycles. The SMILES string of the molecule is C=C(/N=C1/OC(c2ccc(OC)cc2)=N/C1=C/C)OCCCOCCOC. The van der Waals surface area contributed by atoms with Gasteiger partial charge in [0.25, 0.3) is 0 Å². The van der Waals surface area contributed by atoms with Gasteiger partial charge in [-0.15, -0.1) is 0 Å². The van der Waals surface area contributed by atoms with Crippen LogP contribution >= 0.6 is 0 Å². The minimum Gasteiger partial charge on any atom is -0.497 e. The number of hydrogen-bond acceptors (Lipinski definition) is 7. The van der Waals surface area contributed by atoms with Gasteiger partial charge in [-0.2, -0.15) is 4.99 Å². The molecule has 1 aliphatic rings. The molecule has 1 heterocycles. The van der Waals surface area contributed by atoms with Crippen molar-refractivity contribution in [3.63, 3.8) is 0 Å². The first-order valence-corrected chi connectivity index (χ1v) is 8.72. The minimum atomic E-state index is 0.271. The largest absolute Gasteiger partial charge is 0.497 e. The molecule has 1 aromatic carbocycles. The third-order valence-corrected chi connectivity index (χ3v) is 3.60. The summed E-state index contributed by atoms with van der Waals surface area (Å²) >= 11 is 0. The van der Waals surface area contributed by atoms with Gasteiger partial charge in [0.1, 0.15) is 11.4 Å². The van der Waals surface area contributed by atoms with E-state index in [-0.39, 0.29) is 5.88 Å².